The first kappa shape index (κ1) is 17.0. The second-order valence-corrected chi connectivity index (χ2v) is 6.42. The highest BCUT2D eigenvalue weighted by molar-refractivity contribution is 5.83. The minimum absolute atomic E-state index is 0.0344. The molecule has 0 spiro atoms. The Morgan fingerprint density at radius 2 is 2.05 bits per heavy atom. The maximum atomic E-state index is 12.4. The number of rotatable bonds is 7. The van der Waals surface area contributed by atoms with Crippen molar-refractivity contribution >= 4 is 11.8 Å². The van der Waals surface area contributed by atoms with E-state index in [0.717, 1.165) is 13.1 Å². The molecule has 1 rings (SSSR count). The molecule has 1 saturated heterocycles. The molecule has 20 heavy (non-hydrogen) atoms. The first-order valence-corrected chi connectivity index (χ1v) is 7.67. The van der Waals surface area contributed by atoms with Crippen molar-refractivity contribution in [1.82, 2.24) is 10.2 Å². The van der Waals surface area contributed by atoms with Crippen molar-refractivity contribution in [3.8, 4) is 0 Å². The van der Waals surface area contributed by atoms with Crippen LogP contribution in [-0.4, -0.2) is 42.9 Å². The van der Waals surface area contributed by atoms with E-state index in [9.17, 15) is 9.59 Å². The Labute approximate surface area is 122 Å². The summed E-state index contributed by atoms with van der Waals surface area (Å²) in [6, 6.07) is 0. The van der Waals surface area contributed by atoms with Crippen LogP contribution in [0.4, 0.5) is 0 Å². The van der Waals surface area contributed by atoms with Gasteiger partial charge in [-0.25, -0.2) is 0 Å². The number of primary amides is 1. The zero-order valence-corrected chi connectivity index (χ0v) is 13.0. The number of nitrogens with two attached hydrogens (primary N) is 1. The van der Waals surface area contributed by atoms with Crippen LogP contribution in [0, 0.1) is 17.8 Å². The SMILES string of the molecule is CC(C)CN(CC(N)=O)C(=O)CC(C)C1CCCNC1. The molecule has 5 heteroatoms. The summed E-state index contributed by atoms with van der Waals surface area (Å²) in [4.78, 5) is 25.1. The summed E-state index contributed by atoms with van der Waals surface area (Å²) in [7, 11) is 0. The highest BCUT2D eigenvalue weighted by Gasteiger charge is 2.25. The Kier molecular flexibility index (Phi) is 6.99. The van der Waals surface area contributed by atoms with Crippen LogP contribution in [0.1, 0.15) is 40.0 Å². The summed E-state index contributed by atoms with van der Waals surface area (Å²) in [6.45, 7) is 8.91. The molecule has 0 aromatic heterocycles. The van der Waals surface area contributed by atoms with Crippen LogP contribution in [0.15, 0.2) is 0 Å². The Bertz CT molecular complexity index is 325. The van der Waals surface area contributed by atoms with Crippen LogP contribution in [-0.2, 0) is 9.59 Å². The predicted molar refractivity (Wildman–Crippen MR) is 80.0 cm³/mol. The molecule has 1 aliphatic rings. The number of piperidine rings is 1. The van der Waals surface area contributed by atoms with Crippen molar-refractivity contribution < 1.29 is 9.59 Å². The molecule has 0 aliphatic carbocycles. The van der Waals surface area contributed by atoms with Crippen molar-refractivity contribution in [2.24, 2.45) is 23.5 Å². The maximum Gasteiger partial charge on any atom is 0.237 e. The molecule has 2 amide bonds. The third-order valence-electron chi connectivity index (χ3n) is 3.92. The second kappa shape index (κ2) is 8.25. The molecule has 0 aromatic rings. The lowest BCUT2D eigenvalue weighted by Crippen LogP contribution is -2.42. The van der Waals surface area contributed by atoms with E-state index in [1.165, 1.54) is 12.8 Å². The van der Waals surface area contributed by atoms with Gasteiger partial charge in [-0.05, 0) is 43.7 Å². The van der Waals surface area contributed by atoms with Crippen LogP contribution < -0.4 is 11.1 Å². The van der Waals surface area contributed by atoms with E-state index in [1.54, 1.807) is 4.90 Å². The monoisotopic (exact) mass is 283 g/mol. The zero-order chi connectivity index (χ0) is 15.1. The summed E-state index contributed by atoms with van der Waals surface area (Å²) in [5.74, 6) is 0.853. The molecule has 0 saturated carbocycles. The van der Waals surface area contributed by atoms with Gasteiger partial charge >= 0.3 is 0 Å². The van der Waals surface area contributed by atoms with E-state index >= 15 is 0 Å². The number of hydrogen-bond donors (Lipinski definition) is 2. The topological polar surface area (TPSA) is 75.4 Å². The molecular formula is C15H29N3O2. The number of nitrogens with zero attached hydrogens (tertiary/aromatic N) is 1. The molecule has 0 bridgehead atoms. The Morgan fingerprint density at radius 1 is 1.35 bits per heavy atom. The predicted octanol–water partition coefficient (Wildman–Crippen LogP) is 0.982. The Balaban J connectivity index is 2.52. The van der Waals surface area contributed by atoms with Crippen molar-refractivity contribution in [3.05, 3.63) is 0 Å². The molecule has 2 unspecified atom stereocenters. The van der Waals surface area contributed by atoms with Crippen LogP contribution in [0.2, 0.25) is 0 Å². The fourth-order valence-electron chi connectivity index (χ4n) is 2.82. The molecule has 5 nitrogen and oxygen atoms in total. The molecule has 3 N–H and O–H groups in total. The lowest BCUT2D eigenvalue weighted by atomic mass is 9.85. The first-order chi connectivity index (χ1) is 9.40. The fraction of sp³-hybridized carbons (Fsp3) is 0.867. The molecule has 1 fully saturated rings. The Morgan fingerprint density at radius 3 is 2.55 bits per heavy atom. The van der Waals surface area contributed by atoms with Crippen molar-refractivity contribution in [1.29, 1.82) is 0 Å². The normalized spacial score (nSPS) is 20.7. The van der Waals surface area contributed by atoms with Gasteiger partial charge in [0.05, 0.1) is 6.54 Å². The maximum absolute atomic E-state index is 12.4. The Hall–Kier alpha value is -1.10. The average Bonchev–Trinajstić information content (AvgIpc) is 2.37. The minimum Gasteiger partial charge on any atom is -0.368 e. The third kappa shape index (κ3) is 5.90. The van der Waals surface area contributed by atoms with Gasteiger partial charge in [0, 0.05) is 13.0 Å². The average molecular weight is 283 g/mol. The number of hydrogen-bond acceptors (Lipinski definition) is 3. The summed E-state index contributed by atoms with van der Waals surface area (Å²) in [6.07, 6.45) is 2.87. The van der Waals surface area contributed by atoms with E-state index in [-0.39, 0.29) is 12.5 Å². The lowest BCUT2D eigenvalue weighted by molar-refractivity contribution is -0.136. The van der Waals surface area contributed by atoms with Crippen LogP contribution in [0.5, 0.6) is 0 Å². The van der Waals surface area contributed by atoms with Gasteiger partial charge in [0.15, 0.2) is 0 Å². The van der Waals surface area contributed by atoms with E-state index in [4.69, 9.17) is 5.73 Å². The second-order valence-electron chi connectivity index (χ2n) is 6.42. The summed E-state index contributed by atoms with van der Waals surface area (Å²) >= 11 is 0. The van der Waals surface area contributed by atoms with E-state index in [0.29, 0.717) is 30.7 Å². The van der Waals surface area contributed by atoms with Crippen LogP contribution >= 0.6 is 0 Å². The van der Waals surface area contributed by atoms with Gasteiger partial charge in [0.1, 0.15) is 0 Å². The molecular weight excluding hydrogens is 254 g/mol. The molecule has 1 heterocycles. The van der Waals surface area contributed by atoms with Gasteiger partial charge in [-0.1, -0.05) is 20.8 Å². The minimum atomic E-state index is -0.439. The molecule has 0 radical (unpaired) electrons. The zero-order valence-electron chi connectivity index (χ0n) is 13.0. The van der Waals surface area contributed by atoms with Crippen LogP contribution in [0.25, 0.3) is 0 Å². The van der Waals surface area contributed by atoms with Gasteiger partial charge in [-0.2, -0.15) is 0 Å². The van der Waals surface area contributed by atoms with E-state index < -0.39 is 5.91 Å². The quantitative estimate of drug-likeness (QED) is 0.731. The van der Waals surface area contributed by atoms with Crippen LogP contribution in [0.3, 0.4) is 0 Å². The number of carbonyl (C=O) groups excluding carboxylic acids is 2. The van der Waals surface area contributed by atoms with Gasteiger partial charge in [-0.15, -0.1) is 0 Å². The molecule has 1 aliphatic heterocycles. The van der Waals surface area contributed by atoms with Gasteiger partial charge in [0.25, 0.3) is 0 Å². The molecule has 116 valence electrons. The highest BCUT2D eigenvalue weighted by Crippen LogP contribution is 2.23. The molecule has 2 atom stereocenters. The molecule has 0 aromatic carbocycles. The largest absolute Gasteiger partial charge is 0.368 e. The lowest BCUT2D eigenvalue weighted by Gasteiger charge is -2.30. The summed E-state index contributed by atoms with van der Waals surface area (Å²) < 4.78 is 0. The number of carbonyl (C=O) groups is 2. The van der Waals surface area contributed by atoms with E-state index in [1.807, 2.05) is 13.8 Å². The fourth-order valence-corrected chi connectivity index (χ4v) is 2.82. The summed E-state index contributed by atoms with van der Waals surface area (Å²) in [5, 5.41) is 3.38. The smallest absolute Gasteiger partial charge is 0.237 e. The van der Waals surface area contributed by atoms with Crippen molar-refractivity contribution in [3.63, 3.8) is 0 Å². The van der Waals surface area contributed by atoms with Gasteiger partial charge in [-0.3, -0.25) is 9.59 Å². The highest BCUT2D eigenvalue weighted by atomic mass is 16.2. The first-order valence-electron chi connectivity index (χ1n) is 7.67. The van der Waals surface area contributed by atoms with E-state index in [2.05, 4.69) is 12.2 Å². The third-order valence-corrected chi connectivity index (χ3v) is 3.92. The van der Waals surface area contributed by atoms with Gasteiger partial charge < -0.3 is 16.0 Å². The summed E-state index contributed by atoms with van der Waals surface area (Å²) in [5.41, 5.74) is 5.24. The van der Waals surface area contributed by atoms with Gasteiger partial charge in [0.2, 0.25) is 11.8 Å². The number of nitrogens with one attached hydrogen (secondary N) is 1. The standard InChI is InChI=1S/C15H29N3O2/c1-11(2)9-18(10-14(16)19)15(20)7-12(3)13-5-4-6-17-8-13/h11-13,17H,4-10H2,1-3H3,(H2,16,19). The van der Waals surface area contributed by atoms with Crippen molar-refractivity contribution in [2.45, 2.75) is 40.0 Å². The number of amides is 2. The van der Waals surface area contributed by atoms with Crippen molar-refractivity contribution in [2.75, 3.05) is 26.2 Å².